The van der Waals surface area contributed by atoms with Gasteiger partial charge >= 0.3 is 0 Å². The highest BCUT2D eigenvalue weighted by Gasteiger charge is 2.28. The van der Waals surface area contributed by atoms with E-state index >= 15 is 0 Å². The average molecular weight is 261 g/mol. The number of ether oxygens (including phenoxy) is 1. The van der Waals surface area contributed by atoms with Crippen LogP contribution >= 0.6 is 0 Å². The zero-order chi connectivity index (χ0) is 13.9. The van der Waals surface area contributed by atoms with E-state index in [2.05, 4.69) is 0 Å². The summed E-state index contributed by atoms with van der Waals surface area (Å²) in [7, 11) is 0. The van der Waals surface area contributed by atoms with Crippen LogP contribution in [-0.4, -0.2) is 41.2 Å². The minimum absolute atomic E-state index is 0.0280. The molecule has 1 N–H and O–H groups in total. The summed E-state index contributed by atoms with van der Waals surface area (Å²) >= 11 is 0. The number of phenolic OH excluding ortho intramolecular Hbond substituents is 1. The first-order chi connectivity index (χ1) is 8.96. The SMILES string of the molecule is CC1(C)CN(C(=O)/C=C/c2cccc(O)c2)CCO1. The van der Waals surface area contributed by atoms with Crippen molar-refractivity contribution in [1.29, 1.82) is 0 Å². The van der Waals surface area contributed by atoms with Gasteiger partial charge in [0.1, 0.15) is 5.75 Å². The van der Waals surface area contributed by atoms with Gasteiger partial charge in [-0.05, 0) is 37.6 Å². The summed E-state index contributed by atoms with van der Waals surface area (Å²) in [5.41, 5.74) is 0.521. The summed E-state index contributed by atoms with van der Waals surface area (Å²) in [6, 6.07) is 6.81. The Labute approximate surface area is 113 Å². The number of rotatable bonds is 2. The molecule has 1 fully saturated rings. The third-order valence-electron chi connectivity index (χ3n) is 3.03. The predicted octanol–water partition coefficient (Wildman–Crippen LogP) is 2.04. The van der Waals surface area contributed by atoms with E-state index in [4.69, 9.17) is 4.74 Å². The molecule has 1 saturated heterocycles. The Bertz CT molecular complexity index is 494. The second-order valence-electron chi connectivity index (χ2n) is 5.30. The van der Waals surface area contributed by atoms with E-state index in [1.807, 2.05) is 19.9 Å². The lowest BCUT2D eigenvalue weighted by Crippen LogP contribution is -2.50. The van der Waals surface area contributed by atoms with E-state index in [0.29, 0.717) is 19.7 Å². The molecule has 0 atom stereocenters. The summed E-state index contributed by atoms with van der Waals surface area (Å²) in [6.45, 7) is 5.73. The Morgan fingerprint density at radius 1 is 1.47 bits per heavy atom. The maximum absolute atomic E-state index is 12.1. The van der Waals surface area contributed by atoms with Gasteiger partial charge in [0, 0.05) is 19.2 Å². The normalized spacial score (nSPS) is 18.7. The van der Waals surface area contributed by atoms with Gasteiger partial charge in [0.2, 0.25) is 5.91 Å². The number of aromatic hydroxyl groups is 1. The van der Waals surface area contributed by atoms with E-state index in [0.717, 1.165) is 5.56 Å². The molecule has 1 aliphatic heterocycles. The first-order valence-corrected chi connectivity index (χ1v) is 6.36. The molecule has 0 aromatic heterocycles. The van der Waals surface area contributed by atoms with E-state index in [-0.39, 0.29) is 17.3 Å². The lowest BCUT2D eigenvalue weighted by Gasteiger charge is -2.37. The van der Waals surface area contributed by atoms with Gasteiger partial charge in [-0.3, -0.25) is 4.79 Å². The highest BCUT2D eigenvalue weighted by atomic mass is 16.5. The minimum atomic E-state index is -0.285. The van der Waals surface area contributed by atoms with Crippen molar-refractivity contribution in [2.24, 2.45) is 0 Å². The van der Waals surface area contributed by atoms with Crippen molar-refractivity contribution in [1.82, 2.24) is 4.90 Å². The lowest BCUT2D eigenvalue weighted by molar-refractivity contribution is -0.140. The third kappa shape index (κ3) is 3.83. The maximum Gasteiger partial charge on any atom is 0.246 e. The van der Waals surface area contributed by atoms with Crippen LogP contribution in [0.4, 0.5) is 0 Å². The summed E-state index contributed by atoms with van der Waals surface area (Å²) in [4.78, 5) is 13.8. The van der Waals surface area contributed by atoms with Crippen molar-refractivity contribution in [3.63, 3.8) is 0 Å². The Kier molecular flexibility index (Phi) is 3.90. The predicted molar refractivity (Wildman–Crippen MR) is 73.8 cm³/mol. The number of phenols is 1. The van der Waals surface area contributed by atoms with Gasteiger partial charge in [-0.2, -0.15) is 0 Å². The van der Waals surface area contributed by atoms with Crippen LogP contribution in [0.1, 0.15) is 19.4 Å². The molecule has 0 radical (unpaired) electrons. The standard InChI is InChI=1S/C15H19NO3/c1-15(2)11-16(8-9-19-15)14(18)7-6-12-4-3-5-13(17)10-12/h3-7,10,17H,8-9,11H2,1-2H3/b7-6+. The molecule has 1 aromatic rings. The Hall–Kier alpha value is -1.81. The largest absolute Gasteiger partial charge is 0.508 e. The van der Waals surface area contributed by atoms with Gasteiger partial charge in [-0.1, -0.05) is 12.1 Å². The lowest BCUT2D eigenvalue weighted by atomic mass is 10.1. The van der Waals surface area contributed by atoms with Gasteiger partial charge in [0.05, 0.1) is 12.2 Å². The number of amides is 1. The van der Waals surface area contributed by atoms with Crippen molar-refractivity contribution in [3.8, 4) is 5.75 Å². The molecule has 0 bridgehead atoms. The van der Waals surface area contributed by atoms with E-state index in [1.165, 1.54) is 6.08 Å². The Morgan fingerprint density at radius 3 is 2.95 bits per heavy atom. The van der Waals surface area contributed by atoms with Crippen molar-refractivity contribution >= 4 is 12.0 Å². The summed E-state index contributed by atoms with van der Waals surface area (Å²) in [5, 5.41) is 9.35. The molecule has 1 aromatic carbocycles. The van der Waals surface area contributed by atoms with Crippen LogP contribution in [0.25, 0.3) is 6.08 Å². The number of carbonyl (C=O) groups is 1. The van der Waals surface area contributed by atoms with Crippen molar-refractivity contribution in [2.75, 3.05) is 19.7 Å². The fraction of sp³-hybridized carbons (Fsp3) is 0.400. The molecular formula is C15H19NO3. The first-order valence-electron chi connectivity index (χ1n) is 6.36. The highest BCUT2D eigenvalue weighted by molar-refractivity contribution is 5.91. The van der Waals surface area contributed by atoms with Crippen LogP contribution in [0, 0.1) is 0 Å². The van der Waals surface area contributed by atoms with Crippen LogP contribution in [0.3, 0.4) is 0 Å². The van der Waals surface area contributed by atoms with Crippen LogP contribution in [0.15, 0.2) is 30.3 Å². The monoisotopic (exact) mass is 261 g/mol. The highest BCUT2D eigenvalue weighted by Crippen LogP contribution is 2.17. The van der Waals surface area contributed by atoms with Gasteiger partial charge in [-0.15, -0.1) is 0 Å². The molecule has 0 spiro atoms. The van der Waals surface area contributed by atoms with Crippen molar-refractivity contribution in [3.05, 3.63) is 35.9 Å². The summed E-state index contributed by atoms with van der Waals surface area (Å²) < 4.78 is 5.57. The van der Waals surface area contributed by atoms with E-state index in [9.17, 15) is 9.90 Å². The minimum Gasteiger partial charge on any atom is -0.508 e. The molecule has 0 aliphatic carbocycles. The molecule has 1 aliphatic rings. The molecule has 4 nitrogen and oxygen atoms in total. The fourth-order valence-corrected chi connectivity index (χ4v) is 2.11. The number of carbonyl (C=O) groups excluding carboxylic acids is 1. The van der Waals surface area contributed by atoms with Crippen LogP contribution < -0.4 is 0 Å². The Morgan fingerprint density at radius 2 is 2.26 bits per heavy atom. The second kappa shape index (κ2) is 5.45. The third-order valence-corrected chi connectivity index (χ3v) is 3.03. The molecule has 4 heteroatoms. The van der Waals surface area contributed by atoms with Crippen LogP contribution in [0.5, 0.6) is 5.75 Å². The number of morpholine rings is 1. The molecular weight excluding hydrogens is 242 g/mol. The number of hydrogen-bond acceptors (Lipinski definition) is 3. The fourth-order valence-electron chi connectivity index (χ4n) is 2.11. The molecule has 102 valence electrons. The molecule has 19 heavy (non-hydrogen) atoms. The van der Waals surface area contributed by atoms with Gasteiger partial charge < -0.3 is 14.7 Å². The van der Waals surface area contributed by atoms with E-state index < -0.39 is 0 Å². The van der Waals surface area contributed by atoms with Crippen molar-refractivity contribution < 1.29 is 14.6 Å². The van der Waals surface area contributed by atoms with Gasteiger partial charge in [0.25, 0.3) is 0 Å². The molecule has 0 unspecified atom stereocenters. The zero-order valence-electron chi connectivity index (χ0n) is 11.3. The summed E-state index contributed by atoms with van der Waals surface area (Å²) in [6.07, 6.45) is 3.25. The molecule has 0 saturated carbocycles. The first kappa shape index (κ1) is 13.6. The second-order valence-corrected chi connectivity index (χ2v) is 5.30. The maximum atomic E-state index is 12.1. The van der Waals surface area contributed by atoms with Crippen LogP contribution in [0.2, 0.25) is 0 Å². The number of hydrogen-bond donors (Lipinski definition) is 1. The topological polar surface area (TPSA) is 49.8 Å². The van der Waals surface area contributed by atoms with Gasteiger partial charge in [-0.25, -0.2) is 0 Å². The Balaban J connectivity index is 2.01. The molecule has 1 heterocycles. The zero-order valence-corrected chi connectivity index (χ0v) is 11.3. The smallest absolute Gasteiger partial charge is 0.246 e. The average Bonchev–Trinajstić information content (AvgIpc) is 2.35. The molecule has 2 rings (SSSR count). The van der Waals surface area contributed by atoms with Crippen molar-refractivity contribution in [2.45, 2.75) is 19.4 Å². The number of benzene rings is 1. The summed E-state index contributed by atoms with van der Waals surface area (Å²) in [5.74, 6) is 0.168. The number of nitrogens with zero attached hydrogens (tertiary/aromatic N) is 1. The van der Waals surface area contributed by atoms with Gasteiger partial charge in [0.15, 0.2) is 0 Å². The van der Waals surface area contributed by atoms with Crippen LogP contribution in [-0.2, 0) is 9.53 Å². The quantitative estimate of drug-likeness (QED) is 0.829. The van der Waals surface area contributed by atoms with E-state index in [1.54, 1.807) is 29.2 Å². The molecule has 1 amide bonds.